The lowest BCUT2D eigenvalue weighted by atomic mass is 10.0. The van der Waals surface area contributed by atoms with Crippen LogP contribution in [0.15, 0.2) is 41.0 Å². The Balaban J connectivity index is 2.03. The van der Waals surface area contributed by atoms with Gasteiger partial charge in [-0.25, -0.2) is 0 Å². The molecule has 2 aromatic rings. The Morgan fingerprint density at radius 2 is 2.05 bits per heavy atom. The number of hydrogen-bond acceptors (Lipinski definition) is 4. The third-order valence-corrected chi connectivity index (χ3v) is 3.14. The van der Waals surface area contributed by atoms with E-state index < -0.39 is 0 Å². The minimum absolute atomic E-state index is 0.0170. The van der Waals surface area contributed by atoms with E-state index >= 15 is 0 Å². The van der Waals surface area contributed by atoms with E-state index in [0.717, 1.165) is 29.4 Å². The van der Waals surface area contributed by atoms with Crippen LogP contribution in [0.1, 0.15) is 24.3 Å². The maximum absolute atomic E-state index is 5.77. The molecule has 1 aliphatic heterocycles. The Kier molecular flexibility index (Phi) is 3.42. The number of para-hydroxylation sites is 1. The zero-order valence-electron chi connectivity index (χ0n) is 10.9. The van der Waals surface area contributed by atoms with Gasteiger partial charge in [0.2, 0.25) is 0 Å². The monoisotopic (exact) mass is 259 g/mol. The topological polar surface area (TPSA) is 43.6 Å². The van der Waals surface area contributed by atoms with Crippen LogP contribution < -0.4 is 14.8 Å². The molecule has 4 heteroatoms. The summed E-state index contributed by atoms with van der Waals surface area (Å²) >= 11 is 0. The van der Waals surface area contributed by atoms with Gasteiger partial charge in [0.15, 0.2) is 11.5 Å². The molecule has 1 N–H and O–H groups in total. The molecule has 100 valence electrons. The summed E-state index contributed by atoms with van der Waals surface area (Å²) in [6.07, 6.45) is 1.69. The summed E-state index contributed by atoms with van der Waals surface area (Å²) < 4.78 is 16.9. The second-order valence-electron chi connectivity index (χ2n) is 4.38. The molecule has 19 heavy (non-hydrogen) atoms. The number of rotatable bonds is 4. The Bertz CT molecular complexity index is 536. The minimum Gasteiger partial charge on any atom is -0.486 e. The first-order chi connectivity index (χ1) is 9.40. The van der Waals surface area contributed by atoms with Gasteiger partial charge in [0, 0.05) is 5.56 Å². The van der Waals surface area contributed by atoms with Crippen LogP contribution in [0.25, 0.3) is 0 Å². The largest absolute Gasteiger partial charge is 0.486 e. The van der Waals surface area contributed by atoms with Crippen molar-refractivity contribution in [1.29, 1.82) is 0 Å². The van der Waals surface area contributed by atoms with E-state index in [1.54, 1.807) is 6.26 Å². The van der Waals surface area contributed by atoms with Gasteiger partial charge >= 0.3 is 0 Å². The van der Waals surface area contributed by atoms with Crippen molar-refractivity contribution in [3.63, 3.8) is 0 Å². The first kappa shape index (κ1) is 12.1. The number of nitrogens with one attached hydrogen (secondary N) is 1. The maximum atomic E-state index is 5.77. The summed E-state index contributed by atoms with van der Waals surface area (Å²) in [6, 6.07) is 9.81. The lowest BCUT2D eigenvalue weighted by Gasteiger charge is -2.24. The molecule has 1 atom stereocenters. The summed E-state index contributed by atoms with van der Waals surface area (Å²) in [5.41, 5.74) is 1.05. The molecule has 3 rings (SSSR count). The molecule has 2 heterocycles. The summed E-state index contributed by atoms with van der Waals surface area (Å²) in [5, 5.41) is 3.42. The number of ether oxygens (including phenoxy) is 2. The van der Waals surface area contributed by atoms with Crippen LogP contribution in [0, 0.1) is 0 Å². The van der Waals surface area contributed by atoms with Gasteiger partial charge in [-0.05, 0) is 24.7 Å². The van der Waals surface area contributed by atoms with Crippen molar-refractivity contribution < 1.29 is 13.9 Å². The van der Waals surface area contributed by atoms with Crippen LogP contribution in [-0.2, 0) is 0 Å². The summed E-state index contributed by atoms with van der Waals surface area (Å²) in [7, 11) is 0. The highest BCUT2D eigenvalue weighted by molar-refractivity contribution is 5.50. The molecule has 1 aromatic heterocycles. The van der Waals surface area contributed by atoms with Gasteiger partial charge < -0.3 is 19.2 Å². The van der Waals surface area contributed by atoms with Gasteiger partial charge in [-0.1, -0.05) is 19.1 Å². The molecule has 0 amide bonds. The van der Waals surface area contributed by atoms with Gasteiger partial charge in [0.1, 0.15) is 19.0 Å². The van der Waals surface area contributed by atoms with Gasteiger partial charge in [-0.2, -0.15) is 0 Å². The molecule has 0 saturated carbocycles. The fourth-order valence-electron chi connectivity index (χ4n) is 2.35. The number of hydrogen-bond donors (Lipinski definition) is 1. The van der Waals surface area contributed by atoms with Crippen LogP contribution in [0.4, 0.5) is 0 Å². The van der Waals surface area contributed by atoms with E-state index in [1.807, 2.05) is 30.3 Å². The number of furan rings is 1. The van der Waals surface area contributed by atoms with Gasteiger partial charge in [0.05, 0.1) is 12.3 Å². The molecular weight excluding hydrogens is 242 g/mol. The fourth-order valence-corrected chi connectivity index (χ4v) is 2.35. The summed E-state index contributed by atoms with van der Waals surface area (Å²) in [4.78, 5) is 0. The normalized spacial score (nSPS) is 15.2. The third-order valence-electron chi connectivity index (χ3n) is 3.14. The van der Waals surface area contributed by atoms with Crippen LogP contribution >= 0.6 is 0 Å². The first-order valence-electron chi connectivity index (χ1n) is 6.55. The van der Waals surface area contributed by atoms with E-state index in [9.17, 15) is 0 Å². The summed E-state index contributed by atoms with van der Waals surface area (Å²) in [6.45, 7) is 4.10. The predicted molar refractivity (Wildman–Crippen MR) is 71.7 cm³/mol. The lowest BCUT2D eigenvalue weighted by molar-refractivity contribution is 0.169. The molecule has 1 unspecified atom stereocenters. The van der Waals surface area contributed by atoms with E-state index in [4.69, 9.17) is 13.9 Å². The minimum atomic E-state index is -0.0170. The van der Waals surface area contributed by atoms with Crippen LogP contribution in [0.5, 0.6) is 11.5 Å². The quantitative estimate of drug-likeness (QED) is 0.917. The standard InChI is InChI=1S/C15H17NO3/c1-2-16-14(12-7-4-8-17-12)11-5-3-6-13-15(11)19-10-9-18-13/h3-8,14,16H,2,9-10H2,1H3. The van der Waals surface area contributed by atoms with E-state index in [1.165, 1.54) is 0 Å². The highest BCUT2D eigenvalue weighted by Gasteiger charge is 2.24. The van der Waals surface area contributed by atoms with Crippen molar-refractivity contribution in [2.24, 2.45) is 0 Å². The number of benzene rings is 1. The smallest absolute Gasteiger partial charge is 0.166 e. The van der Waals surface area contributed by atoms with Crippen molar-refractivity contribution in [3.05, 3.63) is 47.9 Å². The molecular formula is C15H17NO3. The fraction of sp³-hybridized carbons (Fsp3) is 0.333. The average molecular weight is 259 g/mol. The second-order valence-corrected chi connectivity index (χ2v) is 4.38. The van der Waals surface area contributed by atoms with Crippen molar-refractivity contribution in [2.75, 3.05) is 19.8 Å². The second kappa shape index (κ2) is 5.36. The van der Waals surface area contributed by atoms with Gasteiger partial charge in [-0.3, -0.25) is 0 Å². The Morgan fingerprint density at radius 3 is 2.84 bits per heavy atom. The highest BCUT2D eigenvalue weighted by Crippen LogP contribution is 2.39. The molecule has 4 nitrogen and oxygen atoms in total. The highest BCUT2D eigenvalue weighted by atomic mass is 16.6. The van der Waals surface area contributed by atoms with E-state index in [0.29, 0.717) is 13.2 Å². The Hall–Kier alpha value is -1.94. The van der Waals surface area contributed by atoms with Crippen LogP contribution in [-0.4, -0.2) is 19.8 Å². The van der Waals surface area contributed by atoms with Crippen molar-refractivity contribution in [3.8, 4) is 11.5 Å². The van der Waals surface area contributed by atoms with Crippen LogP contribution in [0.2, 0.25) is 0 Å². The first-order valence-corrected chi connectivity index (χ1v) is 6.55. The number of fused-ring (bicyclic) bond motifs is 1. The Morgan fingerprint density at radius 1 is 1.16 bits per heavy atom. The van der Waals surface area contributed by atoms with Crippen LogP contribution in [0.3, 0.4) is 0 Å². The van der Waals surface area contributed by atoms with Crippen molar-refractivity contribution in [2.45, 2.75) is 13.0 Å². The zero-order chi connectivity index (χ0) is 13.1. The van der Waals surface area contributed by atoms with Crippen molar-refractivity contribution >= 4 is 0 Å². The molecule has 0 bridgehead atoms. The molecule has 0 saturated heterocycles. The maximum Gasteiger partial charge on any atom is 0.166 e. The third kappa shape index (κ3) is 2.31. The molecule has 0 radical (unpaired) electrons. The molecule has 0 fully saturated rings. The zero-order valence-corrected chi connectivity index (χ0v) is 10.9. The molecule has 0 aliphatic carbocycles. The van der Waals surface area contributed by atoms with Crippen molar-refractivity contribution in [1.82, 2.24) is 5.32 Å². The average Bonchev–Trinajstić information content (AvgIpc) is 2.98. The van der Waals surface area contributed by atoms with Gasteiger partial charge in [-0.15, -0.1) is 0 Å². The summed E-state index contributed by atoms with van der Waals surface area (Å²) in [5.74, 6) is 2.50. The van der Waals surface area contributed by atoms with E-state index in [-0.39, 0.29) is 6.04 Å². The lowest BCUT2D eigenvalue weighted by Crippen LogP contribution is -2.24. The Labute approximate surface area is 112 Å². The van der Waals surface area contributed by atoms with Gasteiger partial charge in [0.25, 0.3) is 0 Å². The SMILES string of the molecule is CCNC(c1ccco1)c1cccc2c1OCCO2. The van der Waals surface area contributed by atoms with E-state index in [2.05, 4.69) is 12.2 Å². The molecule has 0 spiro atoms. The predicted octanol–water partition coefficient (Wildman–Crippen LogP) is 2.75. The molecule has 1 aromatic carbocycles. The molecule has 1 aliphatic rings.